The number of benzene rings is 7. The van der Waals surface area contributed by atoms with E-state index in [0.717, 1.165) is 17.1 Å². The van der Waals surface area contributed by atoms with Crippen molar-refractivity contribution in [3.8, 4) is 44.9 Å². The van der Waals surface area contributed by atoms with Crippen LogP contribution in [0.3, 0.4) is 0 Å². The lowest BCUT2D eigenvalue weighted by Gasteiger charge is -2.36. The van der Waals surface area contributed by atoms with Crippen LogP contribution in [-0.4, -0.2) is 0 Å². The first-order valence-electron chi connectivity index (χ1n) is 15.9. The van der Waals surface area contributed by atoms with Crippen LogP contribution in [0, 0.1) is 0 Å². The van der Waals surface area contributed by atoms with E-state index in [2.05, 4.69) is 159 Å². The third kappa shape index (κ3) is 3.03. The van der Waals surface area contributed by atoms with Crippen molar-refractivity contribution in [3.63, 3.8) is 0 Å². The molecule has 1 heteroatoms. The average molecular weight is 575 g/mol. The van der Waals surface area contributed by atoms with E-state index in [1.165, 1.54) is 72.0 Å². The lowest BCUT2D eigenvalue weighted by molar-refractivity contribution is 0.419. The molecule has 1 atom stereocenters. The molecular weight excluding hydrogens is 544 g/mol. The summed E-state index contributed by atoms with van der Waals surface area (Å²) >= 11 is 0. The normalized spacial score (nSPS) is 17.6. The van der Waals surface area contributed by atoms with Crippen LogP contribution in [0.1, 0.15) is 47.2 Å². The highest BCUT2D eigenvalue weighted by Crippen LogP contribution is 2.65. The van der Waals surface area contributed by atoms with Gasteiger partial charge in [-0.15, -0.1) is 0 Å². The third-order valence-corrected chi connectivity index (χ3v) is 10.7. The van der Waals surface area contributed by atoms with Gasteiger partial charge in [-0.2, -0.15) is 0 Å². The standard InChI is InChI=1S/C44H30O/c1-43(2)37-22-9-10-24-40(37)45-42-33(19-12-23-38(42)43)32-18-11-17-31-29-15-5-7-20-35(29)44(41(31)32)36-21-8-6-16-30(36)34-25-27-13-3-4-14-28(27)26-39(34)44/h3-26H,1-2H3. The monoisotopic (exact) mass is 574 g/mol. The number of fused-ring (bicyclic) bond motifs is 13. The number of rotatable bonds is 1. The van der Waals surface area contributed by atoms with Crippen LogP contribution in [0.25, 0.3) is 44.2 Å². The SMILES string of the molecule is CC1(C)c2ccccc2Oc2c(-c3cccc4c3C3(c5ccccc5-c5cc6ccccc6cc53)c3ccccc3-4)cccc21. The van der Waals surface area contributed by atoms with E-state index >= 15 is 0 Å². The molecule has 45 heavy (non-hydrogen) atoms. The minimum Gasteiger partial charge on any atom is -0.456 e. The van der Waals surface area contributed by atoms with Gasteiger partial charge in [-0.1, -0.05) is 141 Å². The summed E-state index contributed by atoms with van der Waals surface area (Å²) in [6.45, 7) is 4.64. The summed E-state index contributed by atoms with van der Waals surface area (Å²) in [7, 11) is 0. The number of ether oxygens (including phenoxy) is 1. The maximum atomic E-state index is 6.88. The maximum Gasteiger partial charge on any atom is 0.139 e. The largest absolute Gasteiger partial charge is 0.456 e. The molecule has 212 valence electrons. The molecule has 0 bridgehead atoms. The molecule has 1 unspecified atom stereocenters. The van der Waals surface area contributed by atoms with Crippen molar-refractivity contribution in [3.05, 3.63) is 179 Å². The number of para-hydroxylation sites is 2. The molecule has 3 aliphatic rings. The van der Waals surface area contributed by atoms with Crippen molar-refractivity contribution in [1.29, 1.82) is 0 Å². The molecule has 0 saturated carbocycles. The second-order valence-corrected chi connectivity index (χ2v) is 13.2. The van der Waals surface area contributed by atoms with Crippen LogP contribution in [0.5, 0.6) is 11.5 Å². The minimum absolute atomic E-state index is 0.190. The molecule has 0 fully saturated rings. The fourth-order valence-corrected chi connectivity index (χ4v) is 8.79. The zero-order chi connectivity index (χ0) is 29.9. The van der Waals surface area contributed by atoms with E-state index in [1.54, 1.807) is 0 Å². The highest BCUT2D eigenvalue weighted by atomic mass is 16.5. The second-order valence-electron chi connectivity index (χ2n) is 13.2. The van der Waals surface area contributed by atoms with Gasteiger partial charge in [0.25, 0.3) is 0 Å². The highest BCUT2D eigenvalue weighted by molar-refractivity contribution is 6.02. The highest BCUT2D eigenvalue weighted by Gasteiger charge is 2.53. The molecule has 1 spiro atoms. The quantitative estimate of drug-likeness (QED) is 0.189. The van der Waals surface area contributed by atoms with Gasteiger partial charge in [-0.3, -0.25) is 0 Å². The number of hydrogen-bond acceptors (Lipinski definition) is 1. The Morgan fingerprint density at radius 2 is 0.911 bits per heavy atom. The Morgan fingerprint density at radius 1 is 0.400 bits per heavy atom. The molecule has 0 saturated heterocycles. The lowest BCUT2D eigenvalue weighted by Crippen LogP contribution is -2.27. The van der Waals surface area contributed by atoms with E-state index in [-0.39, 0.29) is 5.41 Å². The summed E-state index contributed by atoms with van der Waals surface area (Å²) < 4.78 is 6.88. The van der Waals surface area contributed by atoms with Crippen molar-refractivity contribution < 1.29 is 4.74 Å². The maximum absolute atomic E-state index is 6.88. The van der Waals surface area contributed by atoms with E-state index in [9.17, 15) is 0 Å². The van der Waals surface area contributed by atoms with E-state index in [0.29, 0.717) is 0 Å². The van der Waals surface area contributed by atoms with Crippen LogP contribution in [0.2, 0.25) is 0 Å². The van der Waals surface area contributed by atoms with Crippen molar-refractivity contribution in [2.75, 3.05) is 0 Å². The van der Waals surface area contributed by atoms with Gasteiger partial charge in [0.2, 0.25) is 0 Å². The van der Waals surface area contributed by atoms with Crippen molar-refractivity contribution in [2.45, 2.75) is 24.7 Å². The number of hydrogen-bond donors (Lipinski definition) is 0. The van der Waals surface area contributed by atoms with Crippen LogP contribution in [0.4, 0.5) is 0 Å². The van der Waals surface area contributed by atoms with Crippen molar-refractivity contribution in [2.24, 2.45) is 0 Å². The van der Waals surface area contributed by atoms with E-state index < -0.39 is 5.41 Å². The third-order valence-electron chi connectivity index (χ3n) is 10.7. The van der Waals surface area contributed by atoms with Crippen LogP contribution in [0.15, 0.2) is 146 Å². The fourth-order valence-electron chi connectivity index (χ4n) is 8.79. The Kier molecular flexibility index (Phi) is 4.78. The van der Waals surface area contributed by atoms with Gasteiger partial charge in [0.1, 0.15) is 11.5 Å². The van der Waals surface area contributed by atoms with E-state index in [1.807, 2.05) is 0 Å². The average Bonchev–Trinajstić information content (AvgIpc) is 3.54. The molecule has 2 aliphatic carbocycles. The van der Waals surface area contributed by atoms with Gasteiger partial charge in [-0.25, -0.2) is 0 Å². The Hall–Kier alpha value is -5.40. The summed E-state index contributed by atoms with van der Waals surface area (Å²) in [5.74, 6) is 1.90. The second kappa shape index (κ2) is 8.61. The minimum atomic E-state index is -0.455. The zero-order valence-electron chi connectivity index (χ0n) is 25.3. The smallest absolute Gasteiger partial charge is 0.139 e. The van der Waals surface area contributed by atoms with Crippen LogP contribution >= 0.6 is 0 Å². The zero-order valence-corrected chi connectivity index (χ0v) is 25.3. The molecule has 7 aromatic carbocycles. The molecule has 1 heterocycles. The first kappa shape index (κ1) is 25.0. The fraction of sp³-hybridized carbons (Fsp3) is 0.0909. The predicted molar refractivity (Wildman–Crippen MR) is 184 cm³/mol. The first-order valence-corrected chi connectivity index (χ1v) is 15.9. The molecule has 0 radical (unpaired) electrons. The Bertz CT molecular complexity index is 2390. The van der Waals surface area contributed by atoms with Crippen molar-refractivity contribution >= 4 is 10.8 Å². The van der Waals surface area contributed by atoms with Gasteiger partial charge < -0.3 is 4.74 Å². The van der Waals surface area contributed by atoms with Gasteiger partial charge in [0.15, 0.2) is 0 Å². The topological polar surface area (TPSA) is 9.23 Å². The first-order chi connectivity index (χ1) is 22.1. The molecule has 0 aromatic heterocycles. The summed E-state index contributed by atoms with van der Waals surface area (Å²) in [5.41, 5.74) is 14.8. The Balaban J connectivity index is 1.35. The van der Waals surface area contributed by atoms with Gasteiger partial charge in [0.05, 0.1) is 5.41 Å². The molecule has 10 rings (SSSR count). The summed E-state index contributed by atoms with van der Waals surface area (Å²) in [5, 5.41) is 2.54. The van der Waals surface area contributed by atoms with Crippen LogP contribution < -0.4 is 4.74 Å². The molecular formula is C44H30O. The van der Waals surface area contributed by atoms with Crippen molar-refractivity contribution in [1.82, 2.24) is 0 Å². The van der Waals surface area contributed by atoms with Gasteiger partial charge in [-0.05, 0) is 79.0 Å². The molecule has 7 aromatic rings. The summed E-state index contributed by atoms with van der Waals surface area (Å²) in [6.07, 6.45) is 0. The Morgan fingerprint density at radius 3 is 1.67 bits per heavy atom. The van der Waals surface area contributed by atoms with Gasteiger partial charge >= 0.3 is 0 Å². The van der Waals surface area contributed by atoms with Crippen LogP contribution in [-0.2, 0) is 10.8 Å². The molecule has 1 aliphatic heterocycles. The molecule has 0 amide bonds. The lowest BCUT2D eigenvalue weighted by atomic mass is 9.68. The predicted octanol–water partition coefficient (Wildman–Crippen LogP) is 11.3. The van der Waals surface area contributed by atoms with E-state index in [4.69, 9.17) is 4.74 Å². The molecule has 1 nitrogen and oxygen atoms in total. The summed E-state index contributed by atoms with van der Waals surface area (Å²) in [4.78, 5) is 0. The Labute approximate surface area is 263 Å². The van der Waals surface area contributed by atoms with Gasteiger partial charge in [0, 0.05) is 22.1 Å². The molecule has 0 N–H and O–H groups in total. The summed E-state index contributed by atoms with van der Waals surface area (Å²) in [6, 6.07) is 53.9.